The van der Waals surface area contributed by atoms with Crippen molar-refractivity contribution in [2.24, 2.45) is 0 Å². The van der Waals surface area contributed by atoms with Gasteiger partial charge in [0.25, 0.3) is 5.91 Å². The van der Waals surface area contributed by atoms with Crippen molar-refractivity contribution in [1.82, 2.24) is 19.7 Å². The van der Waals surface area contributed by atoms with Gasteiger partial charge in [0.2, 0.25) is 0 Å². The predicted octanol–water partition coefficient (Wildman–Crippen LogP) is 2.30. The van der Waals surface area contributed by atoms with Gasteiger partial charge >= 0.3 is 0 Å². The van der Waals surface area contributed by atoms with Crippen molar-refractivity contribution < 1.29 is 14.3 Å². The minimum absolute atomic E-state index is 0.144. The van der Waals surface area contributed by atoms with Gasteiger partial charge in [-0.05, 0) is 25.1 Å². The third-order valence-corrected chi connectivity index (χ3v) is 4.53. The second-order valence-corrected chi connectivity index (χ2v) is 5.99. The molecule has 0 bridgehead atoms. The van der Waals surface area contributed by atoms with E-state index in [1.54, 1.807) is 37.3 Å². The molecule has 3 rings (SSSR count). The summed E-state index contributed by atoms with van der Waals surface area (Å²) in [6, 6.07) is 4.85. The van der Waals surface area contributed by atoms with Gasteiger partial charge in [-0.15, -0.1) is 10.2 Å². The lowest BCUT2D eigenvalue weighted by molar-refractivity contribution is 0.0632. The summed E-state index contributed by atoms with van der Waals surface area (Å²) in [6.45, 7) is 3.51. The number of benzene rings is 1. The third-order valence-electron chi connectivity index (χ3n) is 4.20. The lowest BCUT2D eigenvalue weighted by Gasteiger charge is -2.34. The van der Waals surface area contributed by atoms with Crippen LogP contribution in [0.5, 0.6) is 5.75 Å². The minimum atomic E-state index is -0.202. The second kappa shape index (κ2) is 6.78. The first-order valence-corrected chi connectivity index (χ1v) is 8.00. The molecule has 7 nitrogen and oxygen atoms in total. The molecule has 2 heterocycles. The Morgan fingerprint density at radius 2 is 2.12 bits per heavy atom. The Balaban J connectivity index is 1.89. The molecule has 0 fully saturated rings. The molecule has 0 N–H and O–H groups in total. The fourth-order valence-electron chi connectivity index (χ4n) is 2.91. The van der Waals surface area contributed by atoms with Crippen molar-refractivity contribution in [1.29, 1.82) is 0 Å². The van der Waals surface area contributed by atoms with E-state index in [9.17, 15) is 4.79 Å². The van der Waals surface area contributed by atoms with Crippen molar-refractivity contribution in [3.8, 4) is 5.75 Å². The smallest absolute Gasteiger partial charge is 0.256 e. The number of halogens is 1. The molecule has 24 heavy (non-hydrogen) atoms. The van der Waals surface area contributed by atoms with Crippen LogP contribution >= 0.6 is 11.6 Å². The Morgan fingerprint density at radius 1 is 1.33 bits per heavy atom. The number of fused-ring (bicyclic) bond motifs is 1. The maximum Gasteiger partial charge on any atom is 0.256 e. The summed E-state index contributed by atoms with van der Waals surface area (Å²) >= 11 is 6.21. The van der Waals surface area contributed by atoms with E-state index >= 15 is 0 Å². The molecule has 1 aliphatic heterocycles. The highest BCUT2D eigenvalue weighted by Gasteiger charge is 2.32. The Hall–Kier alpha value is -2.12. The SMILES string of the molecule is COCc1nnc2n1CCN(C(=O)c1cc(OC)ccc1Cl)[C@H]2C. The summed E-state index contributed by atoms with van der Waals surface area (Å²) in [6.07, 6.45) is 0. The summed E-state index contributed by atoms with van der Waals surface area (Å²) in [5, 5.41) is 8.78. The molecule has 1 aliphatic rings. The van der Waals surface area contributed by atoms with Gasteiger partial charge < -0.3 is 18.9 Å². The van der Waals surface area contributed by atoms with Gasteiger partial charge in [-0.3, -0.25) is 4.79 Å². The molecule has 0 saturated carbocycles. The molecule has 2 aromatic rings. The minimum Gasteiger partial charge on any atom is -0.497 e. The van der Waals surface area contributed by atoms with Crippen LogP contribution in [0.15, 0.2) is 18.2 Å². The predicted molar refractivity (Wildman–Crippen MR) is 88.2 cm³/mol. The second-order valence-electron chi connectivity index (χ2n) is 5.58. The molecule has 1 aromatic heterocycles. The van der Waals surface area contributed by atoms with Crippen molar-refractivity contribution in [2.75, 3.05) is 20.8 Å². The first kappa shape index (κ1) is 16.7. The van der Waals surface area contributed by atoms with Crippen LogP contribution < -0.4 is 4.74 Å². The van der Waals surface area contributed by atoms with Gasteiger partial charge in [-0.1, -0.05) is 11.6 Å². The van der Waals surface area contributed by atoms with E-state index in [0.717, 1.165) is 11.6 Å². The van der Waals surface area contributed by atoms with Crippen LogP contribution in [0.25, 0.3) is 0 Å². The van der Waals surface area contributed by atoms with Crippen LogP contribution in [0.4, 0.5) is 0 Å². The summed E-state index contributed by atoms with van der Waals surface area (Å²) in [5.41, 5.74) is 0.424. The van der Waals surface area contributed by atoms with E-state index in [1.807, 2.05) is 11.5 Å². The van der Waals surface area contributed by atoms with Gasteiger partial charge in [-0.2, -0.15) is 0 Å². The fraction of sp³-hybridized carbons (Fsp3) is 0.438. The average Bonchev–Trinajstić information content (AvgIpc) is 2.99. The van der Waals surface area contributed by atoms with Crippen LogP contribution in [0.3, 0.4) is 0 Å². The average molecular weight is 351 g/mol. The summed E-state index contributed by atoms with van der Waals surface area (Å²) in [4.78, 5) is 14.7. The van der Waals surface area contributed by atoms with Gasteiger partial charge in [0.15, 0.2) is 11.6 Å². The van der Waals surface area contributed by atoms with Gasteiger partial charge in [0.05, 0.1) is 23.7 Å². The maximum atomic E-state index is 12.9. The van der Waals surface area contributed by atoms with Gasteiger partial charge in [0, 0.05) is 20.2 Å². The topological polar surface area (TPSA) is 69.5 Å². The lowest BCUT2D eigenvalue weighted by atomic mass is 10.1. The van der Waals surface area contributed by atoms with Crippen LogP contribution in [0.2, 0.25) is 5.02 Å². The number of carbonyl (C=O) groups is 1. The molecule has 1 aromatic carbocycles. The Labute approximate surface area is 145 Å². The molecular weight excluding hydrogens is 332 g/mol. The van der Waals surface area contributed by atoms with Crippen molar-refractivity contribution in [3.63, 3.8) is 0 Å². The molecule has 1 amide bonds. The number of aromatic nitrogens is 3. The Morgan fingerprint density at radius 3 is 2.83 bits per heavy atom. The first-order chi connectivity index (χ1) is 11.6. The lowest BCUT2D eigenvalue weighted by Crippen LogP contribution is -2.41. The molecule has 0 spiro atoms. The molecule has 128 valence electrons. The molecule has 0 radical (unpaired) electrons. The van der Waals surface area contributed by atoms with Gasteiger partial charge in [-0.25, -0.2) is 0 Å². The highest BCUT2D eigenvalue weighted by Crippen LogP contribution is 2.29. The van der Waals surface area contributed by atoms with E-state index in [1.165, 1.54) is 0 Å². The van der Waals surface area contributed by atoms with E-state index in [4.69, 9.17) is 21.1 Å². The molecule has 0 unspecified atom stereocenters. The number of rotatable bonds is 4. The Kier molecular flexibility index (Phi) is 4.73. The van der Waals surface area contributed by atoms with E-state index in [-0.39, 0.29) is 11.9 Å². The van der Waals surface area contributed by atoms with Crippen LogP contribution in [-0.2, 0) is 17.9 Å². The number of amides is 1. The fourth-order valence-corrected chi connectivity index (χ4v) is 3.10. The van der Waals surface area contributed by atoms with E-state index < -0.39 is 0 Å². The number of hydrogen-bond acceptors (Lipinski definition) is 5. The molecule has 0 saturated heterocycles. The van der Waals surface area contributed by atoms with Crippen molar-refractivity contribution in [3.05, 3.63) is 40.4 Å². The highest BCUT2D eigenvalue weighted by molar-refractivity contribution is 6.33. The van der Waals surface area contributed by atoms with Crippen molar-refractivity contribution >= 4 is 17.5 Å². The highest BCUT2D eigenvalue weighted by atomic mass is 35.5. The monoisotopic (exact) mass is 350 g/mol. The number of carbonyl (C=O) groups excluding carboxylic acids is 1. The standard InChI is InChI=1S/C16H19ClN4O3/c1-10-15-19-18-14(9-23-2)21(15)7-6-20(10)16(22)12-8-11(24-3)4-5-13(12)17/h4-5,8,10H,6-7,9H2,1-3H3/t10-/m0/s1. The number of ether oxygens (including phenoxy) is 2. The van der Waals surface area contributed by atoms with E-state index in [2.05, 4.69) is 10.2 Å². The quantitative estimate of drug-likeness (QED) is 0.846. The summed E-state index contributed by atoms with van der Waals surface area (Å²) in [7, 11) is 3.18. The normalized spacial score (nSPS) is 16.8. The number of nitrogens with zero attached hydrogens (tertiary/aromatic N) is 4. The summed E-state index contributed by atoms with van der Waals surface area (Å²) < 4.78 is 12.3. The zero-order valence-electron chi connectivity index (χ0n) is 13.8. The maximum absolute atomic E-state index is 12.9. The van der Waals surface area contributed by atoms with Gasteiger partial charge in [0.1, 0.15) is 12.4 Å². The first-order valence-electron chi connectivity index (χ1n) is 7.62. The van der Waals surface area contributed by atoms with Crippen LogP contribution in [0.1, 0.15) is 35.0 Å². The third kappa shape index (κ3) is 2.85. The molecule has 8 heteroatoms. The summed E-state index contributed by atoms with van der Waals surface area (Å²) in [5.74, 6) is 1.97. The van der Waals surface area contributed by atoms with Crippen LogP contribution in [0, 0.1) is 0 Å². The molecule has 0 aliphatic carbocycles. The molecule has 1 atom stereocenters. The zero-order chi connectivity index (χ0) is 17.3. The van der Waals surface area contributed by atoms with Crippen molar-refractivity contribution in [2.45, 2.75) is 26.1 Å². The molecular formula is C16H19ClN4O3. The van der Waals surface area contributed by atoms with Crippen LogP contribution in [-0.4, -0.2) is 46.3 Å². The number of hydrogen-bond donors (Lipinski definition) is 0. The number of methoxy groups -OCH3 is 2. The zero-order valence-corrected chi connectivity index (χ0v) is 14.6. The van der Waals surface area contributed by atoms with E-state index in [0.29, 0.717) is 36.0 Å². The largest absolute Gasteiger partial charge is 0.497 e. The Bertz CT molecular complexity index is 762.